The summed E-state index contributed by atoms with van der Waals surface area (Å²) in [6.45, 7) is 0. The summed E-state index contributed by atoms with van der Waals surface area (Å²) in [5.41, 5.74) is 5.53. The Morgan fingerprint density at radius 2 is 1.81 bits per heavy atom. The maximum atomic E-state index is 5.32. The van der Waals surface area contributed by atoms with Crippen molar-refractivity contribution in [3.05, 3.63) is 53.6 Å². The molecule has 3 rings (SSSR count). The van der Waals surface area contributed by atoms with Gasteiger partial charge in [-0.05, 0) is 67.7 Å². The number of ether oxygens (including phenoxy) is 1. The number of aryl methyl sites for hydroxylation is 1. The van der Waals surface area contributed by atoms with Crippen LogP contribution in [0.1, 0.15) is 17.5 Å². The van der Waals surface area contributed by atoms with Crippen LogP contribution < -0.4 is 4.74 Å². The zero-order valence-corrected chi connectivity index (χ0v) is 13.1. The fourth-order valence-corrected chi connectivity index (χ4v) is 3.16. The molecular weight excluding hydrogens is 258 g/mol. The summed E-state index contributed by atoms with van der Waals surface area (Å²) in [6.07, 6.45) is 3.60. The van der Waals surface area contributed by atoms with Gasteiger partial charge in [0.25, 0.3) is 0 Å². The van der Waals surface area contributed by atoms with Gasteiger partial charge in [-0.2, -0.15) is 0 Å². The maximum Gasteiger partial charge on any atom is 0.119 e. The molecule has 2 nitrogen and oxygen atoms in total. The number of hydrogen-bond donors (Lipinski definition) is 0. The number of benzene rings is 2. The van der Waals surface area contributed by atoms with Crippen LogP contribution in [-0.2, 0) is 12.8 Å². The third kappa shape index (κ3) is 2.96. The summed E-state index contributed by atoms with van der Waals surface area (Å²) in [7, 11) is 6.08. The van der Waals surface area contributed by atoms with E-state index in [2.05, 4.69) is 55.4 Å². The molecule has 0 bridgehead atoms. The van der Waals surface area contributed by atoms with E-state index in [0.717, 1.165) is 5.75 Å². The van der Waals surface area contributed by atoms with Gasteiger partial charge in [-0.1, -0.05) is 30.3 Å². The Hall–Kier alpha value is -1.80. The first-order chi connectivity index (χ1) is 10.2. The molecule has 110 valence electrons. The van der Waals surface area contributed by atoms with E-state index in [0.29, 0.717) is 6.04 Å². The number of likely N-dealkylation sites (N-methyl/N-ethyl adjacent to an activating group) is 1. The minimum atomic E-state index is 0.681. The van der Waals surface area contributed by atoms with E-state index in [1.165, 1.54) is 41.5 Å². The van der Waals surface area contributed by atoms with Gasteiger partial charge in [0.05, 0.1) is 7.11 Å². The van der Waals surface area contributed by atoms with E-state index in [9.17, 15) is 0 Å². The SMILES string of the molecule is COc1cccc(-c2ccc3c(c2)CCC(N(C)C)C3)c1. The summed E-state index contributed by atoms with van der Waals surface area (Å²) < 4.78 is 5.32. The highest BCUT2D eigenvalue weighted by molar-refractivity contribution is 5.66. The molecule has 0 amide bonds. The van der Waals surface area contributed by atoms with Crippen LogP contribution in [-0.4, -0.2) is 32.1 Å². The zero-order chi connectivity index (χ0) is 14.8. The van der Waals surface area contributed by atoms with Crippen LogP contribution in [0.4, 0.5) is 0 Å². The van der Waals surface area contributed by atoms with E-state index < -0.39 is 0 Å². The predicted molar refractivity (Wildman–Crippen MR) is 87.9 cm³/mol. The third-order valence-electron chi connectivity index (χ3n) is 4.54. The molecule has 0 fully saturated rings. The number of nitrogens with zero attached hydrogens (tertiary/aromatic N) is 1. The van der Waals surface area contributed by atoms with Crippen LogP contribution in [0.3, 0.4) is 0 Å². The minimum absolute atomic E-state index is 0.681. The van der Waals surface area contributed by atoms with Crippen molar-refractivity contribution in [1.82, 2.24) is 4.90 Å². The van der Waals surface area contributed by atoms with Crippen molar-refractivity contribution in [3.63, 3.8) is 0 Å². The molecule has 0 spiro atoms. The molecule has 2 heteroatoms. The molecule has 0 heterocycles. The summed E-state index contributed by atoms with van der Waals surface area (Å²) in [5, 5.41) is 0. The molecule has 1 unspecified atom stereocenters. The molecule has 1 aliphatic rings. The Kier molecular flexibility index (Phi) is 3.98. The summed E-state index contributed by atoms with van der Waals surface area (Å²) in [4.78, 5) is 2.35. The van der Waals surface area contributed by atoms with Crippen molar-refractivity contribution in [2.24, 2.45) is 0 Å². The van der Waals surface area contributed by atoms with Gasteiger partial charge in [-0.3, -0.25) is 0 Å². The van der Waals surface area contributed by atoms with Gasteiger partial charge in [-0.25, -0.2) is 0 Å². The lowest BCUT2D eigenvalue weighted by atomic mass is 9.86. The van der Waals surface area contributed by atoms with Crippen molar-refractivity contribution in [2.75, 3.05) is 21.2 Å². The maximum absolute atomic E-state index is 5.32. The van der Waals surface area contributed by atoms with Crippen LogP contribution in [0.5, 0.6) is 5.75 Å². The minimum Gasteiger partial charge on any atom is -0.497 e. The second-order valence-corrected chi connectivity index (χ2v) is 6.08. The molecule has 1 atom stereocenters. The van der Waals surface area contributed by atoms with E-state index in [1.807, 2.05) is 6.07 Å². The molecule has 0 aliphatic heterocycles. The van der Waals surface area contributed by atoms with Crippen molar-refractivity contribution in [3.8, 4) is 16.9 Å². The first-order valence-corrected chi connectivity index (χ1v) is 7.60. The molecular formula is C19H23NO. The van der Waals surface area contributed by atoms with Gasteiger partial charge in [0.1, 0.15) is 5.75 Å². The number of fused-ring (bicyclic) bond motifs is 1. The number of hydrogen-bond acceptors (Lipinski definition) is 2. The van der Waals surface area contributed by atoms with Crippen LogP contribution in [0, 0.1) is 0 Å². The summed E-state index contributed by atoms with van der Waals surface area (Å²) >= 11 is 0. The molecule has 0 N–H and O–H groups in total. The molecule has 21 heavy (non-hydrogen) atoms. The van der Waals surface area contributed by atoms with Crippen LogP contribution in [0.2, 0.25) is 0 Å². The van der Waals surface area contributed by atoms with Crippen molar-refractivity contribution < 1.29 is 4.74 Å². The molecule has 1 aliphatic carbocycles. The highest BCUT2D eigenvalue weighted by Gasteiger charge is 2.20. The average Bonchev–Trinajstić information content (AvgIpc) is 2.53. The standard InChI is InChI=1S/C19H23NO/c1-20(2)18-10-9-16-11-15(7-8-17(16)12-18)14-5-4-6-19(13-14)21-3/h4-8,11,13,18H,9-10,12H2,1-3H3. The lowest BCUT2D eigenvalue weighted by molar-refractivity contribution is 0.268. The largest absolute Gasteiger partial charge is 0.497 e. The van der Waals surface area contributed by atoms with Gasteiger partial charge < -0.3 is 9.64 Å². The predicted octanol–water partition coefficient (Wildman–Crippen LogP) is 3.78. The Balaban J connectivity index is 1.90. The molecule has 0 saturated carbocycles. The lowest BCUT2D eigenvalue weighted by Gasteiger charge is -2.30. The van der Waals surface area contributed by atoms with Gasteiger partial charge in [-0.15, -0.1) is 0 Å². The van der Waals surface area contributed by atoms with Crippen molar-refractivity contribution in [1.29, 1.82) is 0 Å². The Labute approximate surface area is 127 Å². The topological polar surface area (TPSA) is 12.5 Å². The monoisotopic (exact) mass is 281 g/mol. The Morgan fingerprint density at radius 3 is 2.57 bits per heavy atom. The van der Waals surface area contributed by atoms with Gasteiger partial charge in [0.2, 0.25) is 0 Å². The summed E-state index contributed by atoms with van der Waals surface area (Å²) in [5.74, 6) is 0.915. The van der Waals surface area contributed by atoms with Crippen molar-refractivity contribution in [2.45, 2.75) is 25.3 Å². The fraction of sp³-hybridized carbons (Fsp3) is 0.368. The van der Waals surface area contributed by atoms with E-state index in [-0.39, 0.29) is 0 Å². The third-order valence-corrected chi connectivity index (χ3v) is 4.54. The quantitative estimate of drug-likeness (QED) is 0.849. The van der Waals surface area contributed by atoms with Crippen LogP contribution in [0.15, 0.2) is 42.5 Å². The molecule has 0 radical (unpaired) electrons. The average molecular weight is 281 g/mol. The van der Waals surface area contributed by atoms with E-state index in [4.69, 9.17) is 4.74 Å². The first kappa shape index (κ1) is 14.2. The molecule has 0 saturated heterocycles. The van der Waals surface area contributed by atoms with Crippen LogP contribution in [0.25, 0.3) is 11.1 Å². The first-order valence-electron chi connectivity index (χ1n) is 7.60. The van der Waals surface area contributed by atoms with Gasteiger partial charge >= 0.3 is 0 Å². The smallest absolute Gasteiger partial charge is 0.119 e. The van der Waals surface area contributed by atoms with Crippen LogP contribution >= 0.6 is 0 Å². The second kappa shape index (κ2) is 5.90. The fourth-order valence-electron chi connectivity index (χ4n) is 3.16. The highest BCUT2D eigenvalue weighted by atomic mass is 16.5. The lowest BCUT2D eigenvalue weighted by Crippen LogP contribution is -2.33. The van der Waals surface area contributed by atoms with Gasteiger partial charge in [0.15, 0.2) is 0 Å². The second-order valence-electron chi connectivity index (χ2n) is 6.08. The zero-order valence-electron chi connectivity index (χ0n) is 13.1. The molecule has 0 aromatic heterocycles. The van der Waals surface area contributed by atoms with Crippen molar-refractivity contribution >= 4 is 0 Å². The highest BCUT2D eigenvalue weighted by Crippen LogP contribution is 2.30. The molecule has 2 aromatic rings. The van der Waals surface area contributed by atoms with Gasteiger partial charge in [0, 0.05) is 6.04 Å². The Bertz CT molecular complexity index is 633. The van der Waals surface area contributed by atoms with E-state index in [1.54, 1.807) is 7.11 Å². The number of rotatable bonds is 3. The molecule has 2 aromatic carbocycles. The van der Waals surface area contributed by atoms with E-state index >= 15 is 0 Å². The number of methoxy groups -OCH3 is 1. The normalized spacial score (nSPS) is 17.6. The summed E-state index contributed by atoms with van der Waals surface area (Å²) in [6, 6.07) is 15.9. The Morgan fingerprint density at radius 1 is 1.00 bits per heavy atom.